The minimum Gasteiger partial charge on any atom is -0.396 e. The van der Waals surface area contributed by atoms with E-state index in [0.29, 0.717) is 26.1 Å². The van der Waals surface area contributed by atoms with Gasteiger partial charge in [-0.25, -0.2) is 0 Å². The lowest BCUT2D eigenvalue weighted by atomic mass is 9.78. The number of carbonyl (C=O) groups is 3. The maximum Gasteiger partial charge on any atom is 0.247 e. The molecule has 1 unspecified atom stereocenters. The van der Waals surface area contributed by atoms with E-state index in [1.165, 1.54) is 0 Å². The Morgan fingerprint density at radius 2 is 1.77 bits per heavy atom. The fourth-order valence-corrected chi connectivity index (χ4v) is 8.07. The number of thioether (sulfide) groups is 1. The molecule has 4 aliphatic rings. The van der Waals surface area contributed by atoms with Gasteiger partial charge in [-0.3, -0.25) is 14.4 Å². The van der Waals surface area contributed by atoms with E-state index in [1.54, 1.807) is 21.6 Å². The van der Waals surface area contributed by atoms with Crippen LogP contribution >= 0.6 is 11.8 Å². The van der Waals surface area contributed by atoms with Gasteiger partial charge in [0.1, 0.15) is 6.04 Å². The summed E-state index contributed by atoms with van der Waals surface area (Å²) >= 11 is 1.59. The van der Waals surface area contributed by atoms with Crippen molar-refractivity contribution in [1.82, 2.24) is 9.80 Å². The van der Waals surface area contributed by atoms with Gasteiger partial charge in [0.05, 0.1) is 16.6 Å². The van der Waals surface area contributed by atoms with Crippen LogP contribution in [0.3, 0.4) is 0 Å². The van der Waals surface area contributed by atoms with Crippen molar-refractivity contribution < 1.29 is 19.5 Å². The summed E-state index contributed by atoms with van der Waals surface area (Å²) in [6, 6.07) is 8.84. The maximum absolute atomic E-state index is 14.1. The number of aliphatic hydroxyl groups is 1. The predicted octanol–water partition coefficient (Wildman–Crippen LogP) is 2.47. The number of amides is 3. The molecule has 0 saturated carbocycles. The van der Waals surface area contributed by atoms with Crippen molar-refractivity contribution in [3.05, 3.63) is 54.6 Å². The van der Waals surface area contributed by atoms with E-state index in [-0.39, 0.29) is 29.6 Å². The lowest BCUT2D eigenvalue weighted by Gasteiger charge is -2.40. The van der Waals surface area contributed by atoms with Crippen LogP contribution in [0.4, 0.5) is 5.69 Å². The van der Waals surface area contributed by atoms with Crippen molar-refractivity contribution in [3.63, 3.8) is 0 Å². The molecule has 1 spiro atoms. The Balaban J connectivity index is 1.60. The number of benzene rings is 1. The SMILES string of the molecule is CC(C)(C)N1CC=C[C@]23S[C@@H]4C=CCN(c5ccccc5)C(=O)[C@@H]4[C@H]2C(=O)N(CCCO)C3C1=O. The zero-order chi connectivity index (χ0) is 25.0. The number of para-hydroxylation sites is 1. The van der Waals surface area contributed by atoms with Gasteiger partial charge in [0, 0.05) is 42.7 Å². The largest absolute Gasteiger partial charge is 0.396 e. The van der Waals surface area contributed by atoms with Gasteiger partial charge in [-0.05, 0) is 39.3 Å². The number of rotatable bonds is 4. The highest BCUT2D eigenvalue weighted by molar-refractivity contribution is 8.02. The number of carbonyl (C=O) groups excluding carboxylic acids is 3. The maximum atomic E-state index is 14.1. The van der Waals surface area contributed by atoms with Gasteiger partial charge in [-0.15, -0.1) is 11.8 Å². The van der Waals surface area contributed by atoms with Gasteiger partial charge in [-0.1, -0.05) is 42.5 Å². The van der Waals surface area contributed by atoms with Gasteiger partial charge < -0.3 is 19.8 Å². The number of hydrogen-bond donors (Lipinski definition) is 1. The third-order valence-corrected chi connectivity index (χ3v) is 9.34. The summed E-state index contributed by atoms with van der Waals surface area (Å²) in [5.74, 6) is -1.52. The van der Waals surface area contributed by atoms with E-state index in [4.69, 9.17) is 0 Å². The molecule has 186 valence electrons. The summed E-state index contributed by atoms with van der Waals surface area (Å²) in [6.45, 7) is 7.14. The van der Waals surface area contributed by atoms with Crippen LogP contribution in [0.5, 0.6) is 0 Å². The second kappa shape index (κ2) is 8.82. The number of likely N-dealkylation sites (tertiary alicyclic amines) is 1. The van der Waals surface area contributed by atoms with E-state index in [0.717, 1.165) is 5.69 Å². The summed E-state index contributed by atoms with van der Waals surface area (Å²) in [4.78, 5) is 47.4. The van der Waals surface area contributed by atoms with Crippen LogP contribution in [0, 0.1) is 11.8 Å². The fraction of sp³-hybridized carbons (Fsp3) is 0.519. The first-order valence-electron chi connectivity index (χ1n) is 12.3. The van der Waals surface area contributed by atoms with Gasteiger partial charge >= 0.3 is 0 Å². The van der Waals surface area contributed by atoms with Crippen LogP contribution in [0.2, 0.25) is 0 Å². The number of anilines is 1. The molecule has 0 aromatic heterocycles. The first-order valence-corrected chi connectivity index (χ1v) is 13.2. The van der Waals surface area contributed by atoms with Crippen molar-refractivity contribution in [2.75, 3.05) is 31.1 Å². The highest BCUT2D eigenvalue weighted by atomic mass is 32.2. The monoisotopic (exact) mass is 495 g/mol. The summed E-state index contributed by atoms with van der Waals surface area (Å²) in [7, 11) is 0. The van der Waals surface area contributed by atoms with Crippen molar-refractivity contribution in [1.29, 1.82) is 0 Å². The van der Waals surface area contributed by atoms with E-state index < -0.39 is 28.2 Å². The van der Waals surface area contributed by atoms with Gasteiger partial charge in [0.2, 0.25) is 17.7 Å². The Morgan fingerprint density at radius 1 is 1.03 bits per heavy atom. The standard InChI is InChI=1S/C27H33N3O4S/c1-26(2,3)30-16-8-13-27-21(24(33)29(15-9-17-31)22(27)25(30)34)20-19(35-27)12-7-14-28(23(20)32)18-10-5-4-6-11-18/h4-8,10-13,19-22,31H,9,14-17H2,1-3H3/t19-,20+,21+,22?,27+/m1/s1. The third-order valence-electron chi connectivity index (χ3n) is 7.59. The van der Waals surface area contributed by atoms with E-state index in [2.05, 4.69) is 6.08 Å². The molecule has 1 N–H and O–H groups in total. The predicted molar refractivity (Wildman–Crippen MR) is 137 cm³/mol. The third kappa shape index (κ3) is 3.73. The Morgan fingerprint density at radius 3 is 2.46 bits per heavy atom. The Kier molecular flexibility index (Phi) is 6.08. The molecule has 2 saturated heterocycles. The van der Waals surface area contributed by atoms with Gasteiger partial charge in [0.15, 0.2) is 0 Å². The van der Waals surface area contributed by atoms with Gasteiger partial charge in [-0.2, -0.15) is 0 Å². The molecule has 0 radical (unpaired) electrons. The van der Waals surface area contributed by atoms with E-state index >= 15 is 0 Å². The molecule has 0 aliphatic carbocycles. The second-order valence-corrected chi connectivity index (χ2v) is 12.2. The Labute approximate surface area is 210 Å². The summed E-state index contributed by atoms with van der Waals surface area (Å²) in [5, 5.41) is 9.33. The molecule has 5 rings (SSSR count). The van der Waals surface area contributed by atoms with Crippen molar-refractivity contribution in [2.24, 2.45) is 11.8 Å². The molecule has 1 aromatic rings. The molecule has 3 amide bonds. The molecule has 4 heterocycles. The normalized spacial score (nSPS) is 32.5. The van der Waals surface area contributed by atoms with Crippen LogP contribution in [0.15, 0.2) is 54.6 Å². The number of hydrogen-bond acceptors (Lipinski definition) is 5. The Hall–Kier alpha value is -2.58. The quantitative estimate of drug-likeness (QED) is 0.649. The first-order chi connectivity index (χ1) is 16.7. The molecule has 5 atom stereocenters. The molecule has 4 aliphatic heterocycles. The summed E-state index contributed by atoms with van der Waals surface area (Å²) in [6.07, 6.45) is 8.49. The van der Waals surface area contributed by atoms with Gasteiger partial charge in [0.25, 0.3) is 0 Å². The number of nitrogens with zero attached hydrogens (tertiary/aromatic N) is 3. The Bertz CT molecular complexity index is 1080. The van der Waals surface area contributed by atoms with Crippen LogP contribution in [-0.2, 0) is 14.4 Å². The number of fused-ring (bicyclic) bond motifs is 2. The zero-order valence-corrected chi connectivity index (χ0v) is 21.3. The molecular formula is C27H33N3O4S. The minimum absolute atomic E-state index is 0.0656. The smallest absolute Gasteiger partial charge is 0.247 e. The molecule has 8 heteroatoms. The summed E-state index contributed by atoms with van der Waals surface area (Å²) in [5.41, 5.74) is 0.392. The topological polar surface area (TPSA) is 81.2 Å². The molecule has 7 nitrogen and oxygen atoms in total. The summed E-state index contributed by atoms with van der Waals surface area (Å²) < 4.78 is -0.821. The lowest BCUT2D eigenvalue weighted by molar-refractivity contribution is -0.145. The van der Waals surface area contributed by atoms with Crippen LogP contribution in [0.1, 0.15) is 27.2 Å². The van der Waals surface area contributed by atoms with Crippen LogP contribution < -0.4 is 4.90 Å². The lowest BCUT2D eigenvalue weighted by Crippen LogP contribution is -2.57. The zero-order valence-electron chi connectivity index (χ0n) is 20.5. The minimum atomic E-state index is -0.821. The number of aliphatic hydroxyl groups excluding tert-OH is 1. The highest BCUT2D eigenvalue weighted by Gasteiger charge is 2.71. The molecule has 0 bridgehead atoms. The molecule has 1 aromatic carbocycles. The van der Waals surface area contributed by atoms with Crippen molar-refractivity contribution in [3.8, 4) is 0 Å². The van der Waals surface area contributed by atoms with Crippen molar-refractivity contribution >= 4 is 35.2 Å². The van der Waals surface area contributed by atoms with Crippen LogP contribution in [-0.4, -0.2) is 80.4 Å². The molecular weight excluding hydrogens is 462 g/mol. The van der Waals surface area contributed by atoms with E-state index in [1.807, 2.05) is 74.2 Å². The second-order valence-electron chi connectivity index (χ2n) is 10.7. The first kappa shape index (κ1) is 24.1. The van der Waals surface area contributed by atoms with Crippen LogP contribution in [0.25, 0.3) is 0 Å². The molecule has 2 fully saturated rings. The molecule has 35 heavy (non-hydrogen) atoms. The van der Waals surface area contributed by atoms with E-state index in [9.17, 15) is 19.5 Å². The highest BCUT2D eigenvalue weighted by Crippen LogP contribution is 2.61. The average molecular weight is 496 g/mol. The van der Waals surface area contributed by atoms with Crippen molar-refractivity contribution in [2.45, 2.75) is 48.8 Å². The average Bonchev–Trinajstić information content (AvgIpc) is 3.12. The fourth-order valence-electron chi connectivity index (χ4n) is 6.06.